The topological polar surface area (TPSA) is 107 Å². The molecule has 0 fully saturated rings. The maximum Gasteiger partial charge on any atom is 0.303 e. The number of halogens is 1. The molecule has 1 rings (SSSR count). The van der Waals surface area contributed by atoms with Gasteiger partial charge in [-0.25, -0.2) is 0 Å². The molecule has 1 aromatic rings. The zero-order valence-corrected chi connectivity index (χ0v) is 12.9. The molecule has 0 aliphatic heterocycles. The second-order valence-corrected chi connectivity index (χ2v) is 4.61. The van der Waals surface area contributed by atoms with Crippen LogP contribution in [0.1, 0.15) is 41.6 Å². The summed E-state index contributed by atoms with van der Waals surface area (Å²) in [5.41, 5.74) is 0.144. The van der Waals surface area contributed by atoms with Crippen molar-refractivity contribution in [2.24, 2.45) is 0 Å². The number of unbranched alkanes of at least 4 members (excludes halogenated alkanes) is 2. The van der Waals surface area contributed by atoms with Crippen LogP contribution in [0, 0.1) is 17.0 Å². The highest BCUT2D eigenvalue weighted by Gasteiger charge is 2.18. The van der Waals surface area contributed by atoms with Crippen molar-refractivity contribution < 1.29 is 24.4 Å². The molecular formula is C14H18ClNO6. The number of carbonyl (C=O) groups is 2. The van der Waals surface area contributed by atoms with E-state index in [0.29, 0.717) is 37.0 Å². The number of rotatable bonds is 9. The lowest BCUT2D eigenvalue weighted by molar-refractivity contribution is -0.385. The number of hydrogen-bond donors (Lipinski definition) is 1. The van der Waals surface area contributed by atoms with Gasteiger partial charge >= 0.3 is 5.97 Å². The number of carbonyl (C=O) groups excluding carboxylic acids is 1. The first-order valence-electron chi connectivity index (χ1n) is 6.54. The largest absolute Gasteiger partial charge is 0.494 e. The first kappa shape index (κ1) is 19.9. The van der Waals surface area contributed by atoms with Crippen LogP contribution in [0.4, 0.5) is 5.69 Å². The van der Waals surface area contributed by atoms with Gasteiger partial charge in [0.15, 0.2) is 6.29 Å². The van der Waals surface area contributed by atoms with Crippen molar-refractivity contribution in [3.05, 3.63) is 33.4 Å². The Bertz CT molecular complexity index is 546. The van der Waals surface area contributed by atoms with Crippen molar-refractivity contribution in [3.8, 4) is 5.75 Å². The van der Waals surface area contributed by atoms with Crippen LogP contribution in [0.2, 0.25) is 0 Å². The third-order valence-electron chi connectivity index (χ3n) is 2.92. The number of benzene rings is 1. The van der Waals surface area contributed by atoms with Gasteiger partial charge in [0.2, 0.25) is 0 Å². The van der Waals surface area contributed by atoms with E-state index in [1.54, 1.807) is 6.92 Å². The molecule has 0 radical (unpaired) electrons. The summed E-state index contributed by atoms with van der Waals surface area (Å²) in [6, 6.07) is 2.86. The summed E-state index contributed by atoms with van der Waals surface area (Å²) >= 11 is 0. The lowest BCUT2D eigenvalue weighted by atomic mass is 10.1. The predicted molar refractivity (Wildman–Crippen MR) is 82.1 cm³/mol. The molecule has 22 heavy (non-hydrogen) atoms. The Balaban J connectivity index is 0.00000441. The number of nitro groups is 1. The van der Waals surface area contributed by atoms with Crippen LogP contribution in [0.15, 0.2) is 12.1 Å². The highest BCUT2D eigenvalue weighted by molar-refractivity contribution is 5.85. The number of aryl methyl sites for hydroxylation is 1. The normalized spacial score (nSPS) is 9.68. The molecule has 8 heteroatoms. The van der Waals surface area contributed by atoms with Gasteiger partial charge in [-0.15, -0.1) is 12.4 Å². The molecule has 0 heterocycles. The van der Waals surface area contributed by atoms with Gasteiger partial charge in [0, 0.05) is 12.0 Å². The fourth-order valence-electron chi connectivity index (χ4n) is 1.94. The van der Waals surface area contributed by atoms with Crippen LogP contribution in [-0.4, -0.2) is 28.9 Å². The Hall–Kier alpha value is -2.15. The molecule has 122 valence electrons. The molecule has 0 aliphatic rings. The molecule has 0 amide bonds. The monoisotopic (exact) mass is 331 g/mol. The zero-order chi connectivity index (χ0) is 15.8. The van der Waals surface area contributed by atoms with Crippen molar-refractivity contribution in [1.82, 2.24) is 0 Å². The fraction of sp³-hybridized carbons (Fsp3) is 0.429. The lowest BCUT2D eigenvalue weighted by Gasteiger charge is -2.08. The number of nitrogens with zero attached hydrogens (tertiary/aromatic N) is 1. The van der Waals surface area contributed by atoms with Gasteiger partial charge in [0.1, 0.15) is 5.75 Å². The smallest absolute Gasteiger partial charge is 0.303 e. The minimum absolute atomic E-state index is 0. The van der Waals surface area contributed by atoms with Crippen molar-refractivity contribution >= 4 is 30.3 Å². The molecule has 0 bridgehead atoms. The average Bonchev–Trinajstić information content (AvgIpc) is 2.41. The summed E-state index contributed by atoms with van der Waals surface area (Å²) in [6.45, 7) is 1.92. The number of carboxylic acids is 1. The summed E-state index contributed by atoms with van der Waals surface area (Å²) in [6.07, 6.45) is 2.55. The van der Waals surface area contributed by atoms with E-state index >= 15 is 0 Å². The van der Waals surface area contributed by atoms with Crippen molar-refractivity contribution in [2.75, 3.05) is 6.61 Å². The second kappa shape index (κ2) is 9.73. The highest BCUT2D eigenvalue weighted by Crippen LogP contribution is 2.27. The molecule has 0 unspecified atom stereocenters. The van der Waals surface area contributed by atoms with Crippen LogP contribution >= 0.6 is 12.4 Å². The first-order chi connectivity index (χ1) is 9.95. The number of ether oxygens (including phenoxy) is 1. The van der Waals surface area contributed by atoms with Crippen LogP contribution in [0.5, 0.6) is 5.75 Å². The lowest BCUT2D eigenvalue weighted by Crippen LogP contribution is -2.02. The van der Waals surface area contributed by atoms with Crippen LogP contribution in [-0.2, 0) is 4.79 Å². The Labute approximate surface area is 133 Å². The van der Waals surface area contributed by atoms with E-state index in [2.05, 4.69) is 0 Å². The van der Waals surface area contributed by atoms with Gasteiger partial charge in [-0.3, -0.25) is 19.7 Å². The third kappa shape index (κ3) is 6.09. The Morgan fingerprint density at radius 3 is 2.59 bits per heavy atom. The minimum atomic E-state index is -0.822. The molecule has 0 saturated heterocycles. The van der Waals surface area contributed by atoms with Crippen LogP contribution in [0.3, 0.4) is 0 Å². The van der Waals surface area contributed by atoms with E-state index < -0.39 is 10.9 Å². The molecule has 0 aromatic heterocycles. The predicted octanol–water partition coefficient (Wildman–Crippen LogP) is 3.16. The summed E-state index contributed by atoms with van der Waals surface area (Å²) in [5, 5.41) is 19.3. The van der Waals surface area contributed by atoms with Crippen molar-refractivity contribution in [2.45, 2.75) is 32.6 Å². The summed E-state index contributed by atoms with van der Waals surface area (Å²) in [7, 11) is 0. The van der Waals surface area contributed by atoms with Crippen LogP contribution < -0.4 is 4.74 Å². The van der Waals surface area contributed by atoms with Crippen molar-refractivity contribution in [1.29, 1.82) is 0 Å². The number of hydrogen-bond acceptors (Lipinski definition) is 5. The van der Waals surface area contributed by atoms with Gasteiger partial charge in [-0.05, 0) is 38.3 Å². The molecule has 1 N–H and O–H groups in total. The highest BCUT2D eigenvalue weighted by atomic mass is 35.5. The quantitative estimate of drug-likeness (QED) is 0.322. The average molecular weight is 332 g/mol. The Kier molecular flexibility index (Phi) is 8.78. The first-order valence-corrected chi connectivity index (χ1v) is 6.54. The van der Waals surface area contributed by atoms with E-state index in [0.717, 1.165) is 6.42 Å². The summed E-state index contributed by atoms with van der Waals surface area (Å²) in [4.78, 5) is 31.5. The molecule has 7 nitrogen and oxygen atoms in total. The van der Waals surface area contributed by atoms with E-state index in [-0.39, 0.29) is 30.1 Å². The molecule has 0 atom stereocenters. The molecule has 0 saturated carbocycles. The number of aliphatic carboxylic acids is 1. The van der Waals surface area contributed by atoms with Crippen molar-refractivity contribution in [3.63, 3.8) is 0 Å². The minimum Gasteiger partial charge on any atom is -0.494 e. The van der Waals surface area contributed by atoms with E-state index in [4.69, 9.17) is 9.84 Å². The van der Waals surface area contributed by atoms with Crippen LogP contribution in [0.25, 0.3) is 0 Å². The number of carboxylic acid groups (broad SMARTS) is 1. The fourth-order valence-corrected chi connectivity index (χ4v) is 1.94. The molecular weight excluding hydrogens is 314 g/mol. The zero-order valence-electron chi connectivity index (χ0n) is 12.1. The maximum absolute atomic E-state index is 10.9. The Morgan fingerprint density at radius 2 is 2.05 bits per heavy atom. The van der Waals surface area contributed by atoms with E-state index in [1.807, 2.05) is 0 Å². The molecule has 1 aromatic carbocycles. The summed E-state index contributed by atoms with van der Waals surface area (Å²) in [5.74, 6) is -0.420. The van der Waals surface area contributed by atoms with E-state index in [1.165, 1.54) is 12.1 Å². The third-order valence-corrected chi connectivity index (χ3v) is 2.92. The molecule has 0 aliphatic carbocycles. The van der Waals surface area contributed by atoms with Gasteiger partial charge in [0.05, 0.1) is 17.1 Å². The maximum atomic E-state index is 10.9. The van der Waals surface area contributed by atoms with Gasteiger partial charge in [-0.1, -0.05) is 0 Å². The van der Waals surface area contributed by atoms with Gasteiger partial charge in [0.25, 0.3) is 5.69 Å². The SMILES string of the molecule is Cc1cc(OCCCCCC(=O)O)cc(C=O)c1[N+](=O)[O-].Cl. The molecule has 0 spiro atoms. The number of nitro benzene ring substituents is 1. The Morgan fingerprint density at radius 1 is 1.36 bits per heavy atom. The summed E-state index contributed by atoms with van der Waals surface area (Å²) < 4.78 is 5.44. The number of aldehydes is 1. The standard InChI is InChI=1S/C14H17NO6.ClH/c1-10-7-12(8-11(9-16)14(10)15(19)20)21-6-4-2-3-5-13(17)18;/h7-9H,2-6H2,1H3,(H,17,18);1H. The second-order valence-electron chi connectivity index (χ2n) is 4.61. The van der Waals surface area contributed by atoms with E-state index in [9.17, 15) is 19.7 Å². The van der Waals surface area contributed by atoms with Gasteiger partial charge in [-0.2, -0.15) is 0 Å². The van der Waals surface area contributed by atoms with Gasteiger partial charge < -0.3 is 9.84 Å².